The Balaban J connectivity index is 1.77. The largest absolute Gasteiger partial charge is 0.502 e. The standard InChI is InChI=1S/C22H20ClN3O5/c1-30-18-10-14(11-19(31-2)20(18)27)12-24-25-21(28)16-7-5-9-26(22(16)29)13-15-6-3-4-8-17(15)23/h3-12,27H,13H2,1-2H3,(H,25,28)/b24-12-. The highest BCUT2D eigenvalue weighted by Crippen LogP contribution is 2.36. The minimum absolute atomic E-state index is 0.0624. The molecule has 160 valence electrons. The lowest BCUT2D eigenvalue weighted by Gasteiger charge is -2.09. The molecule has 0 aliphatic rings. The van der Waals surface area contributed by atoms with E-state index < -0.39 is 11.5 Å². The molecule has 31 heavy (non-hydrogen) atoms. The summed E-state index contributed by atoms with van der Waals surface area (Å²) in [4.78, 5) is 25.2. The van der Waals surface area contributed by atoms with Crippen molar-refractivity contribution in [2.24, 2.45) is 5.10 Å². The van der Waals surface area contributed by atoms with Gasteiger partial charge in [0.25, 0.3) is 11.5 Å². The molecule has 0 aliphatic heterocycles. The number of hydrazone groups is 1. The van der Waals surface area contributed by atoms with Crippen LogP contribution in [-0.2, 0) is 6.54 Å². The van der Waals surface area contributed by atoms with E-state index in [9.17, 15) is 14.7 Å². The van der Waals surface area contributed by atoms with Gasteiger partial charge in [-0.05, 0) is 35.9 Å². The molecule has 1 heterocycles. The lowest BCUT2D eigenvalue weighted by atomic mass is 10.2. The molecule has 0 radical (unpaired) electrons. The van der Waals surface area contributed by atoms with Crippen molar-refractivity contribution in [3.05, 3.63) is 86.8 Å². The van der Waals surface area contributed by atoms with Crippen LogP contribution in [0.4, 0.5) is 0 Å². The van der Waals surface area contributed by atoms with Gasteiger partial charge in [0.15, 0.2) is 11.5 Å². The van der Waals surface area contributed by atoms with Crippen molar-refractivity contribution in [3.8, 4) is 17.2 Å². The van der Waals surface area contributed by atoms with Gasteiger partial charge in [-0.1, -0.05) is 29.8 Å². The van der Waals surface area contributed by atoms with Crippen LogP contribution in [0, 0.1) is 0 Å². The second kappa shape index (κ2) is 9.82. The smallest absolute Gasteiger partial charge is 0.276 e. The summed E-state index contributed by atoms with van der Waals surface area (Å²) in [7, 11) is 2.81. The third kappa shape index (κ3) is 5.04. The summed E-state index contributed by atoms with van der Waals surface area (Å²) >= 11 is 6.16. The third-order valence-corrected chi connectivity index (χ3v) is 4.81. The lowest BCUT2D eigenvalue weighted by Crippen LogP contribution is -2.31. The fraction of sp³-hybridized carbons (Fsp3) is 0.136. The number of ether oxygens (including phenoxy) is 2. The Morgan fingerprint density at radius 1 is 1.16 bits per heavy atom. The predicted octanol–water partition coefficient (Wildman–Crippen LogP) is 3.04. The number of aromatic hydroxyl groups is 1. The van der Waals surface area contributed by atoms with Crippen LogP contribution < -0.4 is 20.5 Å². The Hall–Kier alpha value is -3.78. The van der Waals surface area contributed by atoms with Gasteiger partial charge in [0, 0.05) is 16.8 Å². The molecule has 0 aliphatic carbocycles. The maximum absolute atomic E-state index is 12.7. The summed E-state index contributed by atoms with van der Waals surface area (Å²) in [5.74, 6) is -0.419. The minimum Gasteiger partial charge on any atom is -0.502 e. The SMILES string of the molecule is COc1cc(/C=N\NC(=O)c2cccn(Cc3ccccc3Cl)c2=O)cc(OC)c1O. The van der Waals surface area contributed by atoms with Gasteiger partial charge in [0.05, 0.1) is 27.0 Å². The molecule has 0 bridgehead atoms. The number of nitrogens with one attached hydrogen (secondary N) is 1. The highest BCUT2D eigenvalue weighted by Gasteiger charge is 2.13. The Labute approximate surface area is 183 Å². The van der Waals surface area contributed by atoms with E-state index >= 15 is 0 Å². The first-order chi connectivity index (χ1) is 14.9. The summed E-state index contributed by atoms with van der Waals surface area (Å²) < 4.78 is 11.6. The zero-order valence-electron chi connectivity index (χ0n) is 16.8. The van der Waals surface area contributed by atoms with Gasteiger partial charge in [-0.2, -0.15) is 5.10 Å². The number of halogens is 1. The molecule has 0 atom stereocenters. The monoisotopic (exact) mass is 441 g/mol. The number of phenols is 1. The number of hydrogen-bond acceptors (Lipinski definition) is 6. The molecule has 2 aromatic carbocycles. The lowest BCUT2D eigenvalue weighted by molar-refractivity contribution is 0.0953. The molecule has 8 nitrogen and oxygen atoms in total. The fourth-order valence-electron chi connectivity index (χ4n) is 2.86. The van der Waals surface area contributed by atoms with Crippen LogP contribution in [0.2, 0.25) is 5.02 Å². The van der Waals surface area contributed by atoms with Crippen molar-refractivity contribution < 1.29 is 19.4 Å². The summed E-state index contributed by atoms with van der Waals surface area (Å²) in [6.45, 7) is 0.232. The molecule has 2 N–H and O–H groups in total. The second-order valence-electron chi connectivity index (χ2n) is 6.42. The first-order valence-corrected chi connectivity index (χ1v) is 9.53. The van der Waals surface area contributed by atoms with Gasteiger partial charge in [0.1, 0.15) is 5.56 Å². The van der Waals surface area contributed by atoms with E-state index in [-0.39, 0.29) is 29.4 Å². The van der Waals surface area contributed by atoms with Crippen molar-refractivity contribution in [1.82, 2.24) is 9.99 Å². The van der Waals surface area contributed by atoms with Crippen LogP contribution in [0.1, 0.15) is 21.5 Å². The molecule has 3 rings (SSSR count). The molecule has 9 heteroatoms. The number of rotatable bonds is 7. The van der Waals surface area contributed by atoms with Crippen LogP contribution in [0.5, 0.6) is 17.2 Å². The zero-order chi connectivity index (χ0) is 22.4. The quantitative estimate of drug-likeness (QED) is 0.433. The van der Waals surface area contributed by atoms with Crippen molar-refractivity contribution in [3.63, 3.8) is 0 Å². The van der Waals surface area contributed by atoms with Gasteiger partial charge in [-0.25, -0.2) is 5.43 Å². The van der Waals surface area contributed by atoms with E-state index in [1.54, 1.807) is 24.4 Å². The summed E-state index contributed by atoms with van der Waals surface area (Å²) in [5.41, 5.74) is 3.07. The highest BCUT2D eigenvalue weighted by molar-refractivity contribution is 6.31. The Morgan fingerprint density at radius 3 is 2.48 bits per heavy atom. The van der Waals surface area contributed by atoms with Crippen molar-refractivity contribution in [2.45, 2.75) is 6.54 Å². The molecule has 3 aromatic rings. The van der Waals surface area contributed by atoms with Crippen LogP contribution in [0.15, 0.2) is 64.6 Å². The predicted molar refractivity (Wildman–Crippen MR) is 118 cm³/mol. The number of amides is 1. The molecule has 1 aromatic heterocycles. The summed E-state index contributed by atoms with van der Waals surface area (Å²) in [5, 5.41) is 14.4. The van der Waals surface area contributed by atoms with Gasteiger partial charge in [0.2, 0.25) is 5.75 Å². The Kier molecular flexibility index (Phi) is 6.94. The molecule has 0 fully saturated rings. The first-order valence-electron chi connectivity index (χ1n) is 9.16. The number of aromatic nitrogens is 1. The minimum atomic E-state index is -0.660. The number of hydrogen-bond donors (Lipinski definition) is 2. The average Bonchev–Trinajstić information content (AvgIpc) is 2.77. The van der Waals surface area contributed by atoms with E-state index in [2.05, 4.69) is 10.5 Å². The summed E-state index contributed by atoms with van der Waals surface area (Å²) in [6, 6.07) is 13.2. The molecule has 0 saturated heterocycles. The van der Waals surface area contributed by atoms with Crippen molar-refractivity contribution >= 4 is 23.7 Å². The van der Waals surface area contributed by atoms with Crippen LogP contribution in [0.25, 0.3) is 0 Å². The molecule has 0 unspecified atom stereocenters. The molecule has 0 spiro atoms. The second-order valence-corrected chi connectivity index (χ2v) is 6.83. The third-order valence-electron chi connectivity index (χ3n) is 4.45. The van der Waals surface area contributed by atoms with Gasteiger partial charge >= 0.3 is 0 Å². The number of pyridine rings is 1. The van der Waals surface area contributed by atoms with E-state index in [1.807, 2.05) is 12.1 Å². The number of carbonyl (C=O) groups is 1. The average molecular weight is 442 g/mol. The zero-order valence-corrected chi connectivity index (χ0v) is 17.6. The maximum Gasteiger partial charge on any atom is 0.276 e. The van der Waals surface area contributed by atoms with Crippen molar-refractivity contribution in [1.29, 1.82) is 0 Å². The fourth-order valence-corrected chi connectivity index (χ4v) is 3.05. The van der Waals surface area contributed by atoms with Crippen molar-refractivity contribution in [2.75, 3.05) is 14.2 Å². The van der Waals surface area contributed by atoms with E-state index in [0.29, 0.717) is 10.6 Å². The molecule has 0 saturated carbocycles. The first kappa shape index (κ1) is 21.9. The van der Waals surface area contributed by atoms with E-state index in [0.717, 1.165) is 5.56 Å². The van der Waals surface area contributed by atoms with Crippen LogP contribution in [0.3, 0.4) is 0 Å². The number of methoxy groups -OCH3 is 2. The number of nitrogens with zero attached hydrogens (tertiary/aromatic N) is 2. The van der Waals surface area contributed by atoms with Crippen LogP contribution >= 0.6 is 11.6 Å². The highest BCUT2D eigenvalue weighted by atomic mass is 35.5. The molecule has 1 amide bonds. The van der Waals surface area contributed by atoms with Gasteiger partial charge in [-0.3, -0.25) is 9.59 Å². The van der Waals surface area contributed by atoms with Crippen LogP contribution in [-0.4, -0.2) is 36.0 Å². The normalized spacial score (nSPS) is 10.8. The van der Waals surface area contributed by atoms with Gasteiger partial charge in [-0.15, -0.1) is 0 Å². The topological polar surface area (TPSA) is 102 Å². The number of benzene rings is 2. The maximum atomic E-state index is 12.7. The van der Waals surface area contributed by atoms with E-state index in [4.69, 9.17) is 21.1 Å². The Bertz CT molecular complexity index is 1160. The number of carbonyl (C=O) groups excluding carboxylic acids is 1. The molecular weight excluding hydrogens is 422 g/mol. The Morgan fingerprint density at radius 2 is 1.84 bits per heavy atom. The van der Waals surface area contributed by atoms with Gasteiger partial charge < -0.3 is 19.1 Å². The number of phenolic OH excluding ortho intramolecular Hbond substituents is 1. The van der Waals surface area contributed by atoms with E-state index in [1.165, 1.54) is 43.2 Å². The molecular formula is C22H20ClN3O5. The summed E-state index contributed by atoms with van der Waals surface area (Å²) in [6.07, 6.45) is 2.92.